The van der Waals surface area contributed by atoms with Crippen molar-refractivity contribution in [1.29, 1.82) is 0 Å². The molecule has 0 fully saturated rings. The molecule has 2 rings (SSSR count). The molecule has 5 nitrogen and oxygen atoms in total. The molecule has 3 N–H and O–H groups in total. The first-order valence-corrected chi connectivity index (χ1v) is 6.69. The highest BCUT2D eigenvalue weighted by Gasteiger charge is 2.34. The van der Waals surface area contributed by atoms with Crippen LogP contribution in [0.25, 0.3) is 0 Å². The Morgan fingerprint density at radius 3 is 2.68 bits per heavy atom. The molecule has 0 saturated carbocycles. The quantitative estimate of drug-likeness (QED) is 0.875. The molecule has 1 amide bonds. The van der Waals surface area contributed by atoms with Gasteiger partial charge in [0.25, 0.3) is 0 Å². The number of anilines is 1. The van der Waals surface area contributed by atoms with Gasteiger partial charge < -0.3 is 11.1 Å². The first-order chi connectivity index (χ1) is 8.28. The average Bonchev–Trinajstić information content (AvgIpc) is 2.58. The number of ketones is 1. The Balaban J connectivity index is 0.00000180. The number of nitrogens with two attached hydrogens (primary N) is 1. The standard InChI is InChI=1S/C12H17N3O2S.ClH/c1-6(13)10(17)15-11-14-7-4-12(2,3)5-8(16)9(7)18-11;/h6H,4-5,13H2,1-3H3,(H,14,15,17);1H/t6-;/m1./s1. The Morgan fingerprint density at radius 2 is 2.11 bits per heavy atom. The molecule has 19 heavy (non-hydrogen) atoms. The summed E-state index contributed by atoms with van der Waals surface area (Å²) in [5.41, 5.74) is 6.21. The number of halogens is 1. The second-order valence-electron chi connectivity index (χ2n) is 5.51. The van der Waals surface area contributed by atoms with Gasteiger partial charge in [0.1, 0.15) is 0 Å². The summed E-state index contributed by atoms with van der Waals surface area (Å²) in [6, 6.07) is -0.585. The topological polar surface area (TPSA) is 85.1 Å². The van der Waals surface area contributed by atoms with E-state index in [1.54, 1.807) is 6.92 Å². The summed E-state index contributed by atoms with van der Waals surface area (Å²) in [6.45, 7) is 5.71. The van der Waals surface area contributed by atoms with Crippen LogP contribution in [0.3, 0.4) is 0 Å². The fourth-order valence-electron chi connectivity index (χ4n) is 1.99. The molecular weight excluding hydrogens is 286 g/mol. The number of rotatable bonds is 2. The zero-order valence-corrected chi connectivity index (χ0v) is 12.8. The van der Waals surface area contributed by atoms with Gasteiger partial charge in [-0.2, -0.15) is 0 Å². The lowest BCUT2D eigenvalue weighted by atomic mass is 9.78. The lowest BCUT2D eigenvalue weighted by Gasteiger charge is -2.26. The molecule has 1 aliphatic rings. The van der Waals surface area contributed by atoms with Gasteiger partial charge in [-0.1, -0.05) is 25.2 Å². The van der Waals surface area contributed by atoms with E-state index in [0.717, 1.165) is 12.1 Å². The van der Waals surface area contributed by atoms with Crippen LogP contribution < -0.4 is 11.1 Å². The van der Waals surface area contributed by atoms with Crippen LogP contribution in [0.1, 0.15) is 42.6 Å². The Labute approximate surface area is 122 Å². The monoisotopic (exact) mass is 303 g/mol. The number of carbonyl (C=O) groups is 2. The number of amides is 1. The predicted molar refractivity (Wildman–Crippen MR) is 78.1 cm³/mol. The van der Waals surface area contributed by atoms with Crippen LogP contribution in [-0.2, 0) is 11.2 Å². The summed E-state index contributed by atoms with van der Waals surface area (Å²) >= 11 is 1.24. The van der Waals surface area contributed by atoms with Crippen molar-refractivity contribution in [1.82, 2.24) is 4.98 Å². The van der Waals surface area contributed by atoms with Gasteiger partial charge in [-0.05, 0) is 18.8 Å². The molecule has 0 aliphatic heterocycles. The van der Waals surface area contributed by atoms with E-state index >= 15 is 0 Å². The number of nitrogens with zero attached hydrogens (tertiary/aromatic N) is 1. The summed E-state index contributed by atoms with van der Waals surface area (Å²) in [4.78, 5) is 28.5. The second kappa shape index (κ2) is 5.56. The minimum atomic E-state index is -0.585. The summed E-state index contributed by atoms with van der Waals surface area (Å²) in [7, 11) is 0. The van der Waals surface area contributed by atoms with Gasteiger partial charge in [-0.25, -0.2) is 4.98 Å². The lowest BCUT2D eigenvalue weighted by molar-refractivity contribution is -0.117. The van der Waals surface area contributed by atoms with E-state index in [4.69, 9.17) is 5.73 Å². The van der Waals surface area contributed by atoms with Crippen LogP contribution in [0.15, 0.2) is 0 Å². The first-order valence-electron chi connectivity index (χ1n) is 5.88. The molecule has 1 heterocycles. The van der Waals surface area contributed by atoms with Crippen LogP contribution in [0, 0.1) is 5.41 Å². The summed E-state index contributed by atoms with van der Waals surface area (Å²) in [6.07, 6.45) is 1.29. The van der Waals surface area contributed by atoms with Gasteiger partial charge in [0.15, 0.2) is 10.9 Å². The largest absolute Gasteiger partial charge is 0.320 e. The second-order valence-corrected chi connectivity index (χ2v) is 6.51. The van der Waals surface area contributed by atoms with Crippen LogP contribution in [0.2, 0.25) is 0 Å². The number of fused-ring (bicyclic) bond motifs is 1. The van der Waals surface area contributed by atoms with E-state index in [1.807, 2.05) is 13.8 Å². The van der Waals surface area contributed by atoms with Crippen LogP contribution in [0.5, 0.6) is 0 Å². The predicted octanol–water partition coefficient (Wildman–Crippen LogP) is 2.01. The van der Waals surface area contributed by atoms with E-state index in [2.05, 4.69) is 10.3 Å². The zero-order valence-electron chi connectivity index (χ0n) is 11.1. The summed E-state index contributed by atoms with van der Waals surface area (Å²) in [5.74, 6) is -0.173. The van der Waals surface area contributed by atoms with Crippen molar-refractivity contribution in [2.24, 2.45) is 11.1 Å². The minimum absolute atomic E-state index is 0. The molecule has 0 aromatic carbocycles. The zero-order chi connectivity index (χ0) is 13.5. The fourth-order valence-corrected chi connectivity index (χ4v) is 2.92. The molecule has 7 heteroatoms. The fraction of sp³-hybridized carbons (Fsp3) is 0.583. The molecule has 1 atom stereocenters. The van der Waals surface area contributed by atoms with Gasteiger partial charge >= 0.3 is 0 Å². The molecule has 0 bridgehead atoms. The van der Waals surface area contributed by atoms with E-state index < -0.39 is 6.04 Å². The molecule has 0 saturated heterocycles. The lowest BCUT2D eigenvalue weighted by Crippen LogP contribution is -2.32. The number of Topliss-reactive ketones (excluding diaryl/α,β-unsaturated/α-hetero) is 1. The van der Waals surface area contributed by atoms with E-state index in [0.29, 0.717) is 16.4 Å². The van der Waals surface area contributed by atoms with Crippen molar-refractivity contribution in [2.45, 2.75) is 39.7 Å². The Bertz CT molecular complexity index is 511. The summed E-state index contributed by atoms with van der Waals surface area (Å²) < 4.78 is 0. The number of carbonyl (C=O) groups excluding carboxylic acids is 2. The molecule has 1 aromatic heterocycles. The molecule has 0 spiro atoms. The third-order valence-electron chi connectivity index (χ3n) is 2.88. The number of thiazole rings is 1. The van der Waals surface area contributed by atoms with Gasteiger partial charge in [0.05, 0.1) is 16.6 Å². The molecule has 1 aromatic rings. The van der Waals surface area contributed by atoms with E-state index in [-0.39, 0.29) is 29.5 Å². The molecule has 106 valence electrons. The first kappa shape index (κ1) is 16.1. The maximum atomic E-state index is 12.0. The van der Waals surface area contributed by atoms with Gasteiger partial charge in [0.2, 0.25) is 5.91 Å². The molecular formula is C12H18ClN3O2S. The van der Waals surface area contributed by atoms with Crippen molar-refractivity contribution in [3.63, 3.8) is 0 Å². The average molecular weight is 304 g/mol. The highest BCUT2D eigenvalue weighted by atomic mass is 35.5. The maximum Gasteiger partial charge on any atom is 0.242 e. The number of hydrogen-bond donors (Lipinski definition) is 2. The number of aromatic nitrogens is 1. The molecule has 1 aliphatic carbocycles. The van der Waals surface area contributed by atoms with E-state index in [1.165, 1.54) is 11.3 Å². The van der Waals surface area contributed by atoms with Crippen LogP contribution >= 0.6 is 23.7 Å². The Morgan fingerprint density at radius 1 is 1.47 bits per heavy atom. The van der Waals surface area contributed by atoms with Crippen molar-refractivity contribution >= 4 is 40.6 Å². The highest BCUT2D eigenvalue weighted by molar-refractivity contribution is 7.17. The van der Waals surface area contributed by atoms with Crippen molar-refractivity contribution < 1.29 is 9.59 Å². The van der Waals surface area contributed by atoms with Crippen molar-refractivity contribution in [2.75, 3.05) is 5.32 Å². The normalized spacial score (nSPS) is 18.2. The smallest absolute Gasteiger partial charge is 0.242 e. The van der Waals surface area contributed by atoms with Crippen LogP contribution in [-0.4, -0.2) is 22.7 Å². The van der Waals surface area contributed by atoms with E-state index in [9.17, 15) is 9.59 Å². The van der Waals surface area contributed by atoms with Gasteiger partial charge in [-0.15, -0.1) is 12.4 Å². The highest BCUT2D eigenvalue weighted by Crippen LogP contribution is 2.38. The number of nitrogens with one attached hydrogen (secondary N) is 1. The van der Waals surface area contributed by atoms with Crippen molar-refractivity contribution in [3.05, 3.63) is 10.6 Å². The Kier molecular flexibility index (Phi) is 4.71. The third-order valence-corrected chi connectivity index (χ3v) is 3.93. The van der Waals surface area contributed by atoms with Crippen LogP contribution in [0.4, 0.5) is 5.13 Å². The van der Waals surface area contributed by atoms with Gasteiger partial charge in [0, 0.05) is 6.42 Å². The minimum Gasteiger partial charge on any atom is -0.320 e. The molecule has 0 radical (unpaired) electrons. The number of hydrogen-bond acceptors (Lipinski definition) is 5. The summed E-state index contributed by atoms with van der Waals surface area (Å²) in [5, 5.41) is 3.10. The van der Waals surface area contributed by atoms with Crippen molar-refractivity contribution in [3.8, 4) is 0 Å². The van der Waals surface area contributed by atoms with Gasteiger partial charge in [-0.3, -0.25) is 9.59 Å². The Hall–Kier alpha value is -0.980. The molecule has 0 unspecified atom stereocenters. The third kappa shape index (κ3) is 3.52. The maximum absolute atomic E-state index is 12.0. The SMILES string of the molecule is C[C@@H](N)C(=O)Nc1nc2c(s1)C(=O)CC(C)(C)C2.Cl.